The smallest absolute Gasteiger partial charge is 0.323 e. The highest BCUT2D eigenvalue weighted by atomic mass is 31.2. The summed E-state index contributed by atoms with van der Waals surface area (Å²) in [6.07, 6.45) is 0. The predicted octanol–water partition coefficient (Wildman–Crippen LogP) is 3.35. The van der Waals surface area contributed by atoms with E-state index < -0.39 is 19.2 Å². The van der Waals surface area contributed by atoms with Crippen LogP contribution in [0.1, 0.15) is 29.9 Å². The molecule has 0 radical (unpaired) electrons. The average molecular weight is 309 g/mol. The molecule has 2 aromatic carbocycles. The maximum atomic E-state index is 13.0. The second-order valence-electron chi connectivity index (χ2n) is 4.84. The Balaban J connectivity index is 2.26. The zero-order valence-corrected chi connectivity index (χ0v) is 12.4. The molecule has 0 spiro atoms. The summed E-state index contributed by atoms with van der Waals surface area (Å²) >= 11 is 0. The van der Waals surface area contributed by atoms with Gasteiger partial charge in [-0.2, -0.15) is 0 Å². The van der Waals surface area contributed by atoms with Gasteiger partial charge in [-0.25, -0.2) is 4.39 Å². The third kappa shape index (κ3) is 4.22. The lowest BCUT2D eigenvalue weighted by atomic mass is 10.1. The molecule has 0 saturated heterocycles. The fourth-order valence-electron chi connectivity index (χ4n) is 2.11. The Morgan fingerprint density at radius 1 is 1.00 bits per heavy atom. The molecule has 0 aliphatic carbocycles. The van der Waals surface area contributed by atoms with E-state index in [1.54, 1.807) is 0 Å². The summed E-state index contributed by atoms with van der Waals surface area (Å²) in [5.74, 6) is -1.62. The first-order valence-corrected chi connectivity index (χ1v) is 8.18. The summed E-state index contributed by atoms with van der Waals surface area (Å²) in [4.78, 5) is 19.1. The highest BCUT2D eigenvalue weighted by Crippen LogP contribution is 2.50. The molecule has 0 bridgehead atoms. The Labute approximate surface area is 122 Å². The van der Waals surface area contributed by atoms with Crippen LogP contribution in [-0.2, 0) is 4.57 Å². The van der Waals surface area contributed by atoms with Crippen LogP contribution in [0.4, 0.5) is 4.39 Å². The van der Waals surface area contributed by atoms with Crippen molar-refractivity contribution in [1.82, 2.24) is 5.32 Å². The molecule has 6 heteroatoms. The minimum atomic E-state index is -4.42. The van der Waals surface area contributed by atoms with Gasteiger partial charge in [-0.15, -0.1) is 0 Å². The van der Waals surface area contributed by atoms with Crippen LogP contribution in [0.5, 0.6) is 0 Å². The van der Waals surface area contributed by atoms with Crippen LogP contribution in [0.15, 0.2) is 54.6 Å². The molecule has 0 heterocycles. The highest BCUT2D eigenvalue weighted by molar-refractivity contribution is 7.52. The van der Waals surface area contributed by atoms with Crippen LogP contribution < -0.4 is 5.32 Å². The van der Waals surface area contributed by atoms with Gasteiger partial charge in [0, 0.05) is 6.04 Å². The van der Waals surface area contributed by atoms with Gasteiger partial charge in [-0.1, -0.05) is 42.5 Å². The topological polar surface area (TPSA) is 69.6 Å². The maximum absolute atomic E-state index is 13.0. The molecule has 0 fully saturated rings. The van der Waals surface area contributed by atoms with E-state index >= 15 is 0 Å². The first kappa shape index (κ1) is 15.9. The molecule has 21 heavy (non-hydrogen) atoms. The number of hydrogen-bond donors (Lipinski definition) is 3. The molecule has 112 valence electrons. The number of rotatable bonds is 5. The van der Waals surface area contributed by atoms with E-state index in [-0.39, 0.29) is 6.04 Å². The minimum Gasteiger partial charge on any atom is -0.323 e. The van der Waals surface area contributed by atoms with Crippen molar-refractivity contribution in [3.05, 3.63) is 71.5 Å². The van der Waals surface area contributed by atoms with Gasteiger partial charge in [-0.3, -0.25) is 9.88 Å². The lowest BCUT2D eigenvalue weighted by molar-refractivity contribution is 0.341. The Hall–Kier alpha value is -1.52. The van der Waals surface area contributed by atoms with E-state index in [0.29, 0.717) is 5.56 Å². The zero-order chi connectivity index (χ0) is 15.5. The normalized spacial score (nSPS) is 14.7. The molecule has 2 aromatic rings. The monoisotopic (exact) mass is 309 g/mol. The maximum Gasteiger partial charge on any atom is 0.346 e. The van der Waals surface area contributed by atoms with Crippen molar-refractivity contribution in [1.29, 1.82) is 0 Å². The summed E-state index contributed by atoms with van der Waals surface area (Å²) in [5, 5.41) is 2.92. The van der Waals surface area contributed by atoms with Gasteiger partial charge in [0.15, 0.2) is 0 Å². The Morgan fingerprint density at radius 2 is 1.57 bits per heavy atom. The first-order chi connectivity index (χ1) is 9.88. The molecule has 3 N–H and O–H groups in total. The second kappa shape index (κ2) is 6.50. The van der Waals surface area contributed by atoms with Crippen molar-refractivity contribution in [3.63, 3.8) is 0 Å². The standard InChI is InChI=1S/C15H17FNO3P/c1-11(12-5-3-2-4-6-12)17-15(21(18,19)20)13-7-9-14(16)10-8-13/h2-11,15,17H,1H3,(H2,18,19,20)/t11-,15-/m1/s1. The summed E-state index contributed by atoms with van der Waals surface area (Å²) < 4.78 is 24.7. The Bertz CT molecular complexity index is 627. The Morgan fingerprint density at radius 3 is 2.10 bits per heavy atom. The van der Waals surface area contributed by atoms with Crippen LogP contribution in [0.25, 0.3) is 0 Å². The summed E-state index contributed by atoms with van der Waals surface area (Å²) in [6.45, 7) is 1.82. The van der Waals surface area contributed by atoms with Crippen LogP contribution in [0, 0.1) is 5.82 Å². The van der Waals surface area contributed by atoms with E-state index in [2.05, 4.69) is 5.32 Å². The third-order valence-electron chi connectivity index (χ3n) is 3.23. The van der Waals surface area contributed by atoms with Gasteiger partial charge in [0.1, 0.15) is 11.6 Å². The van der Waals surface area contributed by atoms with E-state index in [1.807, 2.05) is 37.3 Å². The molecular formula is C15H17FNO3P. The van der Waals surface area contributed by atoms with Crippen molar-refractivity contribution in [3.8, 4) is 0 Å². The quantitative estimate of drug-likeness (QED) is 0.741. The van der Waals surface area contributed by atoms with Crippen LogP contribution >= 0.6 is 7.60 Å². The second-order valence-corrected chi connectivity index (χ2v) is 6.54. The van der Waals surface area contributed by atoms with Crippen molar-refractivity contribution in [2.75, 3.05) is 0 Å². The lowest BCUT2D eigenvalue weighted by Gasteiger charge is -2.24. The van der Waals surface area contributed by atoms with E-state index in [4.69, 9.17) is 0 Å². The molecule has 0 amide bonds. The first-order valence-electron chi connectivity index (χ1n) is 6.49. The molecule has 0 unspecified atom stereocenters. The van der Waals surface area contributed by atoms with Crippen molar-refractivity contribution >= 4 is 7.60 Å². The zero-order valence-electron chi connectivity index (χ0n) is 11.5. The molecule has 2 atom stereocenters. The third-order valence-corrected chi connectivity index (χ3v) is 4.35. The van der Waals surface area contributed by atoms with Gasteiger partial charge >= 0.3 is 7.60 Å². The Kier molecular flexibility index (Phi) is 4.91. The van der Waals surface area contributed by atoms with E-state index in [0.717, 1.165) is 5.56 Å². The van der Waals surface area contributed by atoms with Gasteiger partial charge < -0.3 is 9.79 Å². The molecular weight excluding hydrogens is 292 g/mol. The molecule has 0 aliphatic heterocycles. The largest absolute Gasteiger partial charge is 0.346 e. The summed E-state index contributed by atoms with van der Waals surface area (Å²) in [7, 11) is -4.42. The molecule has 0 saturated carbocycles. The minimum absolute atomic E-state index is 0.256. The van der Waals surface area contributed by atoms with Gasteiger partial charge in [0.05, 0.1) is 0 Å². The number of nitrogens with one attached hydrogen (secondary N) is 1. The molecule has 4 nitrogen and oxygen atoms in total. The summed E-state index contributed by atoms with van der Waals surface area (Å²) in [5.41, 5.74) is 1.27. The van der Waals surface area contributed by atoms with Crippen LogP contribution in [0.2, 0.25) is 0 Å². The average Bonchev–Trinajstić information content (AvgIpc) is 2.45. The van der Waals surface area contributed by atoms with Gasteiger partial charge in [-0.05, 0) is 30.2 Å². The number of halogens is 1. The fourth-order valence-corrected chi connectivity index (χ4v) is 3.09. The van der Waals surface area contributed by atoms with Crippen molar-refractivity contribution in [2.24, 2.45) is 0 Å². The van der Waals surface area contributed by atoms with E-state index in [9.17, 15) is 18.7 Å². The summed E-state index contributed by atoms with van der Waals surface area (Å²) in [6, 6.07) is 14.2. The van der Waals surface area contributed by atoms with Gasteiger partial charge in [0.25, 0.3) is 0 Å². The van der Waals surface area contributed by atoms with E-state index in [1.165, 1.54) is 24.3 Å². The molecule has 0 aliphatic rings. The highest BCUT2D eigenvalue weighted by Gasteiger charge is 2.31. The number of benzene rings is 2. The van der Waals surface area contributed by atoms with Gasteiger partial charge in [0.2, 0.25) is 0 Å². The predicted molar refractivity (Wildman–Crippen MR) is 79.2 cm³/mol. The number of hydrogen-bond acceptors (Lipinski definition) is 2. The SMILES string of the molecule is C[C@@H](N[C@@H](c1ccc(F)cc1)P(=O)(O)O)c1ccccc1. The van der Waals surface area contributed by atoms with Crippen LogP contribution in [-0.4, -0.2) is 9.79 Å². The molecule has 2 rings (SSSR count). The van der Waals surface area contributed by atoms with Crippen molar-refractivity contribution in [2.45, 2.75) is 18.7 Å². The lowest BCUT2D eigenvalue weighted by Crippen LogP contribution is -2.24. The van der Waals surface area contributed by atoms with Crippen LogP contribution in [0.3, 0.4) is 0 Å². The fraction of sp³-hybridized carbons (Fsp3) is 0.200. The van der Waals surface area contributed by atoms with Crippen molar-refractivity contribution < 1.29 is 18.7 Å². The molecule has 0 aromatic heterocycles.